The number of hydrogen-bond donors (Lipinski definition) is 3. The van der Waals surface area contributed by atoms with Crippen LogP contribution in [0.3, 0.4) is 0 Å². The summed E-state index contributed by atoms with van der Waals surface area (Å²) in [7, 11) is 0. The van der Waals surface area contributed by atoms with Gasteiger partial charge in [-0.25, -0.2) is 9.78 Å². The fourth-order valence-electron chi connectivity index (χ4n) is 1.03. The lowest BCUT2D eigenvalue weighted by atomic mass is 10.2. The van der Waals surface area contributed by atoms with Crippen molar-refractivity contribution in [3.63, 3.8) is 0 Å². The van der Waals surface area contributed by atoms with E-state index in [9.17, 15) is 4.79 Å². The van der Waals surface area contributed by atoms with Gasteiger partial charge in [-0.05, 0) is 13.0 Å². The summed E-state index contributed by atoms with van der Waals surface area (Å²) in [6.07, 6.45) is 1.18. The molecule has 0 radical (unpaired) electrons. The number of pyridine rings is 1. The molecular weight excluding hydrogens is 220 g/mol. The molecule has 0 amide bonds. The Morgan fingerprint density at radius 3 is 2.93 bits per heavy atom. The number of nitrogens with one attached hydrogen (secondary N) is 1. The maximum atomic E-state index is 10.8. The number of aromatic nitrogens is 1. The highest BCUT2D eigenvalue weighted by Gasteiger charge is 2.12. The van der Waals surface area contributed by atoms with Crippen molar-refractivity contribution in [1.29, 1.82) is 0 Å². The third-order valence-electron chi connectivity index (χ3n) is 1.78. The summed E-state index contributed by atoms with van der Waals surface area (Å²) in [5.41, 5.74) is 0.378. The first-order chi connectivity index (χ1) is 7.04. The Labute approximate surface area is 91.7 Å². The number of aliphatic hydroxyl groups is 1. The van der Waals surface area contributed by atoms with Gasteiger partial charge in [0.15, 0.2) is 0 Å². The molecule has 0 spiro atoms. The highest BCUT2D eigenvalue weighted by molar-refractivity contribution is 6.29. The molecule has 1 rings (SSSR count). The van der Waals surface area contributed by atoms with Crippen molar-refractivity contribution >= 4 is 23.3 Å². The van der Waals surface area contributed by atoms with Crippen LogP contribution in [0.25, 0.3) is 0 Å². The molecule has 0 saturated carbocycles. The van der Waals surface area contributed by atoms with E-state index < -0.39 is 5.97 Å². The van der Waals surface area contributed by atoms with E-state index >= 15 is 0 Å². The van der Waals surface area contributed by atoms with Gasteiger partial charge in [0, 0.05) is 12.2 Å². The Hall–Kier alpha value is -1.33. The number of aliphatic hydroxyl groups excluding tert-OH is 1. The van der Waals surface area contributed by atoms with Crippen LogP contribution in [-0.2, 0) is 0 Å². The first-order valence-electron chi connectivity index (χ1n) is 4.31. The van der Waals surface area contributed by atoms with Crippen LogP contribution in [-0.4, -0.2) is 33.8 Å². The number of carboxylic acid groups (broad SMARTS) is 1. The molecule has 0 saturated heterocycles. The van der Waals surface area contributed by atoms with Crippen LogP contribution in [0.1, 0.15) is 17.3 Å². The van der Waals surface area contributed by atoms with Crippen LogP contribution < -0.4 is 5.32 Å². The van der Waals surface area contributed by atoms with Crippen LogP contribution in [0.5, 0.6) is 0 Å². The average molecular weight is 231 g/mol. The highest BCUT2D eigenvalue weighted by Crippen LogP contribution is 2.19. The Balaban J connectivity index is 3.02. The van der Waals surface area contributed by atoms with Gasteiger partial charge in [0.1, 0.15) is 10.7 Å². The maximum Gasteiger partial charge on any atom is 0.339 e. The third kappa shape index (κ3) is 3.07. The molecule has 0 aliphatic rings. The molecule has 1 aromatic rings. The first-order valence-corrected chi connectivity index (χ1v) is 4.68. The van der Waals surface area contributed by atoms with Gasteiger partial charge in [0.2, 0.25) is 0 Å². The largest absolute Gasteiger partial charge is 0.478 e. The Morgan fingerprint density at radius 1 is 1.73 bits per heavy atom. The number of aromatic carboxylic acids is 1. The Morgan fingerprint density at radius 2 is 2.40 bits per heavy atom. The van der Waals surface area contributed by atoms with Gasteiger partial charge in [-0.2, -0.15) is 0 Å². The summed E-state index contributed by atoms with van der Waals surface area (Å²) >= 11 is 5.64. The van der Waals surface area contributed by atoms with Crippen LogP contribution in [0, 0.1) is 0 Å². The molecule has 0 bridgehead atoms. The zero-order valence-corrected chi connectivity index (χ0v) is 8.82. The predicted octanol–water partition coefficient (Wildman–Crippen LogP) is 1.23. The van der Waals surface area contributed by atoms with E-state index in [0.29, 0.717) is 5.69 Å². The fourth-order valence-corrected chi connectivity index (χ4v) is 1.19. The summed E-state index contributed by atoms with van der Waals surface area (Å²) in [5, 5.41) is 20.7. The second kappa shape index (κ2) is 4.95. The number of nitrogens with zero attached hydrogens (tertiary/aromatic N) is 1. The first kappa shape index (κ1) is 11.7. The monoisotopic (exact) mass is 230 g/mol. The predicted molar refractivity (Wildman–Crippen MR) is 56.4 cm³/mol. The molecule has 0 aliphatic heterocycles. The van der Waals surface area contributed by atoms with Gasteiger partial charge in [-0.3, -0.25) is 0 Å². The zero-order valence-electron chi connectivity index (χ0n) is 8.07. The molecule has 82 valence electrons. The van der Waals surface area contributed by atoms with Crippen molar-refractivity contribution in [2.45, 2.75) is 13.0 Å². The van der Waals surface area contributed by atoms with Crippen molar-refractivity contribution < 1.29 is 15.0 Å². The standard InChI is InChI=1S/C9H11ClN2O3/c1-5(4-13)12-7-2-8(10)11-3-6(7)9(14)15/h2-3,5,13H,4H2,1H3,(H,11,12)(H,14,15). The van der Waals surface area contributed by atoms with Crippen LogP contribution in [0.4, 0.5) is 5.69 Å². The summed E-state index contributed by atoms with van der Waals surface area (Å²) < 4.78 is 0. The molecule has 6 heteroatoms. The lowest BCUT2D eigenvalue weighted by molar-refractivity contribution is 0.0697. The molecule has 0 aliphatic carbocycles. The topological polar surface area (TPSA) is 82.5 Å². The van der Waals surface area contributed by atoms with Crippen molar-refractivity contribution in [2.24, 2.45) is 0 Å². The van der Waals surface area contributed by atoms with E-state index in [1.54, 1.807) is 6.92 Å². The van der Waals surface area contributed by atoms with Crippen LogP contribution in [0.15, 0.2) is 12.3 Å². The number of anilines is 1. The summed E-state index contributed by atoms with van der Waals surface area (Å²) in [6, 6.07) is 1.17. The molecule has 1 heterocycles. The van der Waals surface area contributed by atoms with E-state index in [2.05, 4.69) is 10.3 Å². The van der Waals surface area contributed by atoms with Crippen LogP contribution in [0.2, 0.25) is 5.15 Å². The van der Waals surface area contributed by atoms with E-state index in [1.807, 2.05) is 0 Å². The van der Waals surface area contributed by atoms with Gasteiger partial charge in [-0.15, -0.1) is 0 Å². The smallest absolute Gasteiger partial charge is 0.339 e. The molecule has 0 aromatic carbocycles. The maximum absolute atomic E-state index is 10.8. The van der Waals surface area contributed by atoms with Gasteiger partial charge < -0.3 is 15.5 Å². The number of hydrogen-bond acceptors (Lipinski definition) is 4. The zero-order chi connectivity index (χ0) is 11.4. The van der Waals surface area contributed by atoms with E-state index in [-0.39, 0.29) is 23.4 Å². The summed E-state index contributed by atoms with van der Waals surface area (Å²) in [6.45, 7) is 1.62. The fraction of sp³-hybridized carbons (Fsp3) is 0.333. The minimum atomic E-state index is -1.09. The SMILES string of the molecule is CC(CO)Nc1cc(Cl)ncc1C(=O)O. The second-order valence-electron chi connectivity index (χ2n) is 3.09. The Kier molecular flexibility index (Phi) is 3.88. The molecule has 5 nitrogen and oxygen atoms in total. The molecule has 1 atom stereocenters. The van der Waals surface area contributed by atoms with Gasteiger partial charge in [-0.1, -0.05) is 11.6 Å². The van der Waals surface area contributed by atoms with Gasteiger partial charge >= 0.3 is 5.97 Å². The highest BCUT2D eigenvalue weighted by atomic mass is 35.5. The quantitative estimate of drug-likeness (QED) is 0.678. The lowest BCUT2D eigenvalue weighted by Gasteiger charge is -2.14. The van der Waals surface area contributed by atoms with Crippen LogP contribution >= 0.6 is 11.6 Å². The number of carboxylic acids is 1. The van der Waals surface area contributed by atoms with Crippen molar-refractivity contribution in [3.05, 3.63) is 23.0 Å². The molecule has 1 aromatic heterocycles. The molecule has 1 unspecified atom stereocenters. The summed E-state index contributed by atoms with van der Waals surface area (Å²) in [4.78, 5) is 14.5. The van der Waals surface area contributed by atoms with Crippen molar-refractivity contribution in [1.82, 2.24) is 4.98 Å². The summed E-state index contributed by atoms with van der Waals surface area (Å²) in [5.74, 6) is -1.09. The minimum Gasteiger partial charge on any atom is -0.478 e. The van der Waals surface area contributed by atoms with E-state index in [4.69, 9.17) is 21.8 Å². The van der Waals surface area contributed by atoms with Crippen molar-refractivity contribution in [2.75, 3.05) is 11.9 Å². The van der Waals surface area contributed by atoms with Gasteiger partial charge in [0.25, 0.3) is 0 Å². The molecular formula is C9H11ClN2O3. The Bertz CT molecular complexity index is 370. The van der Waals surface area contributed by atoms with Gasteiger partial charge in [0.05, 0.1) is 12.3 Å². The normalized spacial score (nSPS) is 12.2. The molecule has 3 N–H and O–H groups in total. The second-order valence-corrected chi connectivity index (χ2v) is 3.47. The lowest BCUT2D eigenvalue weighted by Crippen LogP contribution is -2.21. The molecule has 0 fully saturated rings. The number of carbonyl (C=O) groups is 1. The molecule has 15 heavy (non-hydrogen) atoms. The average Bonchev–Trinajstić information content (AvgIpc) is 2.17. The van der Waals surface area contributed by atoms with E-state index in [1.165, 1.54) is 12.3 Å². The van der Waals surface area contributed by atoms with E-state index in [0.717, 1.165) is 0 Å². The minimum absolute atomic E-state index is 0.0275. The number of rotatable bonds is 4. The number of halogens is 1. The third-order valence-corrected chi connectivity index (χ3v) is 1.98. The van der Waals surface area contributed by atoms with Crippen molar-refractivity contribution in [3.8, 4) is 0 Å².